The Morgan fingerprint density at radius 1 is 1.12 bits per heavy atom. The van der Waals surface area contributed by atoms with E-state index in [1.165, 1.54) is 43.0 Å². The molecule has 1 aliphatic heterocycles. The Bertz CT molecular complexity index is 1250. The molecule has 11 heteroatoms. The second-order valence-corrected chi connectivity index (χ2v) is 7.64. The normalized spacial score (nSPS) is 18.4. The maximum absolute atomic E-state index is 13.9. The number of ether oxygens (including phenoxy) is 1. The zero-order valence-corrected chi connectivity index (χ0v) is 17.7. The van der Waals surface area contributed by atoms with Crippen molar-refractivity contribution in [3.63, 3.8) is 0 Å². The number of nitrogens with zero attached hydrogens (tertiary/aromatic N) is 4. The molecule has 1 unspecified atom stereocenters. The lowest BCUT2D eigenvalue weighted by molar-refractivity contribution is -0.141. The van der Waals surface area contributed by atoms with Crippen LogP contribution in [0.3, 0.4) is 0 Å². The van der Waals surface area contributed by atoms with Gasteiger partial charge in [-0.1, -0.05) is 0 Å². The van der Waals surface area contributed by atoms with E-state index in [4.69, 9.17) is 10.5 Å². The molecular formula is C21H20F4N6O. The number of benzene rings is 1. The highest BCUT2D eigenvalue weighted by atomic mass is 19.4. The molecule has 0 saturated carbocycles. The van der Waals surface area contributed by atoms with Crippen molar-refractivity contribution >= 4 is 11.3 Å². The molecule has 0 aliphatic carbocycles. The van der Waals surface area contributed by atoms with E-state index in [1.807, 2.05) is 0 Å². The van der Waals surface area contributed by atoms with Gasteiger partial charge in [0, 0.05) is 17.3 Å². The smallest absolute Gasteiger partial charge is 0.433 e. The Kier molecular flexibility index (Phi) is 4.96. The van der Waals surface area contributed by atoms with Gasteiger partial charge in [0.05, 0.1) is 18.4 Å². The van der Waals surface area contributed by atoms with Crippen LogP contribution in [0.15, 0.2) is 30.3 Å². The van der Waals surface area contributed by atoms with Gasteiger partial charge in [-0.3, -0.25) is 5.73 Å². The maximum atomic E-state index is 13.9. The summed E-state index contributed by atoms with van der Waals surface area (Å²) < 4.78 is 61.1. The van der Waals surface area contributed by atoms with Gasteiger partial charge in [0.25, 0.3) is 0 Å². The van der Waals surface area contributed by atoms with Crippen LogP contribution in [0.2, 0.25) is 0 Å². The summed E-state index contributed by atoms with van der Waals surface area (Å²) in [4.78, 5) is 8.06. The van der Waals surface area contributed by atoms with Crippen molar-refractivity contribution in [1.82, 2.24) is 25.1 Å². The van der Waals surface area contributed by atoms with E-state index in [0.717, 1.165) is 6.07 Å². The molecule has 3 N–H and O–H groups in total. The summed E-state index contributed by atoms with van der Waals surface area (Å²) in [6.45, 7) is 4.75. The van der Waals surface area contributed by atoms with Crippen molar-refractivity contribution in [3.05, 3.63) is 70.3 Å². The predicted octanol–water partition coefficient (Wildman–Crippen LogP) is 3.57. The summed E-state index contributed by atoms with van der Waals surface area (Å²) in [5.74, 6) is -0.995. The number of aryl methyl sites for hydroxylation is 2. The van der Waals surface area contributed by atoms with Crippen LogP contribution in [0.25, 0.3) is 11.3 Å². The minimum Gasteiger partial charge on any atom is -0.496 e. The van der Waals surface area contributed by atoms with Crippen molar-refractivity contribution in [2.24, 2.45) is 5.73 Å². The molecule has 1 aromatic carbocycles. The molecule has 32 heavy (non-hydrogen) atoms. The summed E-state index contributed by atoms with van der Waals surface area (Å²) in [7, 11) is 1.37. The van der Waals surface area contributed by atoms with Crippen molar-refractivity contribution in [2.75, 3.05) is 7.11 Å². The SMILES string of the molecule is COc1cc(F)ccc1C1=C(c2cc(C)nc(C(F)(F)F)c2)c2nc(C)nn2C(C)(N)N1. The van der Waals surface area contributed by atoms with Gasteiger partial charge in [-0.05, 0) is 50.6 Å². The molecular weight excluding hydrogens is 428 g/mol. The summed E-state index contributed by atoms with van der Waals surface area (Å²) in [5.41, 5.74) is 6.77. The standard InChI is InChI=1S/C21H20F4N6O/c1-10-7-12(8-16(27-10)21(23,24)25)17-18(14-6-5-13(22)9-15(14)32-4)29-20(3,26)31-19(17)28-11(2)30-31/h5-9,29H,26H2,1-4H3. The third-order valence-electron chi connectivity index (χ3n) is 4.97. The Labute approximate surface area is 180 Å². The van der Waals surface area contributed by atoms with Gasteiger partial charge in [-0.2, -0.15) is 18.3 Å². The van der Waals surface area contributed by atoms with Crippen molar-refractivity contribution in [1.29, 1.82) is 0 Å². The van der Waals surface area contributed by atoms with Gasteiger partial charge < -0.3 is 10.1 Å². The fourth-order valence-corrected chi connectivity index (χ4v) is 3.69. The number of methoxy groups -OCH3 is 1. The van der Waals surface area contributed by atoms with E-state index < -0.39 is 23.5 Å². The predicted molar refractivity (Wildman–Crippen MR) is 109 cm³/mol. The molecule has 0 radical (unpaired) electrons. The number of hydrogen-bond donors (Lipinski definition) is 2. The zero-order chi connectivity index (χ0) is 23.4. The lowest BCUT2D eigenvalue weighted by Crippen LogP contribution is -2.55. The molecule has 7 nitrogen and oxygen atoms in total. The van der Waals surface area contributed by atoms with Crippen molar-refractivity contribution in [2.45, 2.75) is 32.7 Å². The first kappa shape index (κ1) is 21.8. The highest BCUT2D eigenvalue weighted by Crippen LogP contribution is 2.40. The molecule has 0 bridgehead atoms. The van der Waals surface area contributed by atoms with Gasteiger partial charge in [0.1, 0.15) is 23.1 Å². The molecule has 1 aliphatic rings. The maximum Gasteiger partial charge on any atom is 0.433 e. The quantitative estimate of drug-likeness (QED) is 0.596. The first-order valence-electron chi connectivity index (χ1n) is 9.56. The number of fused-ring (bicyclic) bond motifs is 1. The van der Waals surface area contributed by atoms with Crippen LogP contribution in [0.5, 0.6) is 5.75 Å². The summed E-state index contributed by atoms with van der Waals surface area (Å²) in [5, 5.41) is 7.43. The Hall–Kier alpha value is -3.47. The first-order valence-corrected chi connectivity index (χ1v) is 9.56. The van der Waals surface area contributed by atoms with E-state index in [1.54, 1.807) is 13.8 Å². The van der Waals surface area contributed by atoms with Crippen LogP contribution < -0.4 is 15.8 Å². The van der Waals surface area contributed by atoms with Crippen molar-refractivity contribution in [3.8, 4) is 5.75 Å². The first-order chi connectivity index (χ1) is 14.9. The van der Waals surface area contributed by atoms with Gasteiger partial charge in [-0.25, -0.2) is 19.0 Å². The van der Waals surface area contributed by atoms with E-state index in [9.17, 15) is 17.6 Å². The van der Waals surface area contributed by atoms with Gasteiger partial charge in [-0.15, -0.1) is 0 Å². The molecule has 1 atom stereocenters. The van der Waals surface area contributed by atoms with E-state index in [-0.39, 0.29) is 22.8 Å². The average molecular weight is 448 g/mol. The number of aromatic nitrogens is 4. The lowest BCUT2D eigenvalue weighted by Gasteiger charge is -2.36. The number of alkyl halides is 3. The molecule has 3 heterocycles. The lowest BCUT2D eigenvalue weighted by atomic mass is 9.95. The fourth-order valence-electron chi connectivity index (χ4n) is 3.69. The highest BCUT2D eigenvalue weighted by molar-refractivity contribution is 5.98. The Balaban J connectivity index is 2.10. The van der Waals surface area contributed by atoms with E-state index >= 15 is 0 Å². The Morgan fingerprint density at radius 2 is 1.84 bits per heavy atom. The van der Waals surface area contributed by atoms with Crippen LogP contribution in [0.4, 0.5) is 17.6 Å². The zero-order valence-electron chi connectivity index (χ0n) is 17.7. The number of hydrogen-bond acceptors (Lipinski definition) is 6. The minimum atomic E-state index is -4.65. The topological polar surface area (TPSA) is 90.9 Å². The molecule has 0 saturated heterocycles. The number of rotatable bonds is 3. The van der Waals surface area contributed by atoms with Crippen molar-refractivity contribution < 1.29 is 22.3 Å². The average Bonchev–Trinajstić information content (AvgIpc) is 3.08. The number of halogens is 4. The molecule has 0 amide bonds. The molecule has 0 spiro atoms. The van der Waals surface area contributed by atoms with Crippen LogP contribution in [0.1, 0.15) is 41.1 Å². The molecule has 3 aromatic rings. The molecule has 4 rings (SSSR count). The number of pyridine rings is 1. The summed E-state index contributed by atoms with van der Waals surface area (Å²) >= 11 is 0. The molecule has 168 valence electrons. The van der Waals surface area contributed by atoms with Gasteiger partial charge in [0.15, 0.2) is 11.6 Å². The number of nitrogens with two attached hydrogens (primary N) is 1. The number of nitrogens with one attached hydrogen (secondary N) is 1. The summed E-state index contributed by atoms with van der Waals surface area (Å²) in [6, 6.07) is 6.31. The molecule has 2 aromatic heterocycles. The second-order valence-electron chi connectivity index (χ2n) is 7.64. The largest absolute Gasteiger partial charge is 0.496 e. The molecule has 0 fully saturated rings. The third-order valence-corrected chi connectivity index (χ3v) is 4.97. The highest BCUT2D eigenvalue weighted by Gasteiger charge is 2.38. The van der Waals surface area contributed by atoms with Crippen LogP contribution >= 0.6 is 0 Å². The van der Waals surface area contributed by atoms with Gasteiger partial charge in [0.2, 0.25) is 0 Å². The second kappa shape index (κ2) is 7.30. The van der Waals surface area contributed by atoms with Crippen LogP contribution in [-0.2, 0) is 12.0 Å². The van der Waals surface area contributed by atoms with Crippen LogP contribution in [0, 0.1) is 19.7 Å². The minimum absolute atomic E-state index is 0.164. The fraction of sp³-hybridized carbons (Fsp3) is 0.286. The summed E-state index contributed by atoms with van der Waals surface area (Å²) in [6.07, 6.45) is -4.65. The van der Waals surface area contributed by atoms with E-state index in [0.29, 0.717) is 22.7 Å². The van der Waals surface area contributed by atoms with Gasteiger partial charge >= 0.3 is 6.18 Å². The third kappa shape index (κ3) is 3.68. The van der Waals surface area contributed by atoms with Crippen LogP contribution in [-0.4, -0.2) is 26.9 Å². The Morgan fingerprint density at radius 3 is 2.50 bits per heavy atom. The monoisotopic (exact) mass is 448 g/mol. The van der Waals surface area contributed by atoms with E-state index in [2.05, 4.69) is 20.4 Å².